The predicted molar refractivity (Wildman–Crippen MR) is 121 cm³/mol. The number of carbonyl (C=O) groups is 2. The van der Waals surface area contributed by atoms with Gasteiger partial charge in [-0.25, -0.2) is 13.4 Å². The summed E-state index contributed by atoms with van der Waals surface area (Å²) in [6.45, 7) is 2.87. The van der Waals surface area contributed by atoms with E-state index < -0.39 is 21.8 Å². The SMILES string of the molecule is Cc1ccc(S(=O)(=O)N2CCOCC2)cc1C(=O)NNC(=O)Cc1nc2ccccc2n1C. The molecule has 2 aromatic carbocycles. The maximum absolute atomic E-state index is 12.9. The Morgan fingerprint density at radius 1 is 1.09 bits per heavy atom. The number of hydrogen-bond acceptors (Lipinski definition) is 6. The van der Waals surface area contributed by atoms with Crippen LogP contribution in [-0.4, -0.2) is 60.4 Å². The molecule has 1 aromatic heterocycles. The number of rotatable bonds is 5. The number of aromatic nitrogens is 2. The summed E-state index contributed by atoms with van der Waals surface area (Å²) in [4.78, 5) is 29.6. The van der Waals surface area contributed by atoms with Gasteiger partial charge in [-0.15, -0.1) is 0 Å². The molecule has 0 unspecified atom stereocenters. The molecule has 0 aliphatic carbocycles. The summed E-state index contributed by atoms with van der Waals surface area (Å²) < 4.78 is 34.2. The number of ether oxygens (including phenoxy) is 1. The summed E-state index contributed by atoms with van der Waals surface area (Å²) in [5.74, 6) is -0.501. The average Bonchev–Trinajstić information content (AvgIpc) is 3.13. The fourth-order valence-electron chi connectivity index (χ4n) is 3.68. The van der Waals surface area contributed by atoms with Gasteiger partial charge in [0.05, 0.1) is 35.6 Å². The van der Waals surface area contributed by atoms with E-state index in [-0.39, 0.29) is 30.0 Å². The molecule has 1 aliphatic heterocycles. The van der Waals surface area contributed by atoms with Crippen LogP contribution < -0.4 is 10.9 Å². The van der Waals surface area contributed by atoms with Crippen molar-refractivity contribution in [3.63, 3.8) is 0 Å². The van der Waals surface area contributed by atoms with Crippen LogP contribution in [0.5, 0.6) is 0 Å². The van der Waals surface area contributed by atoms with Crippen molar-refractivity contribution in [2.75, 3.05) is 26.3 Å². The maximum atomic E-state index is 12.9. The molecule has 33 heavy (non-hydrogen) atoms. The van der Waals surface area contributed by atoms with Crippen molar-refractivity contribution in [1.29, 1.82) is 0 Å². The maximum Gasteiger partial charge on any atom is 0.269 e. The normalized spacial score (nSPS) is 14.8. The van der Waals surface area contributed by atoms with Crippen LogP contribution in [0.25, 0.3) is 11.0 Å². The van der Waals surface area contributed by atoms with Gasteiger partial charge in [-0.1, -0.05) is 18.2 Å². The molecule has 11 heteroatoms. The van der Waals surface area contributed by atoms with Gasteiger partial charge in [-0.2, -0.15) is 4.31 Å². The molecule has 0 atom stereocenters. The number of hydrogen-bond donors (Lipinski definition) is 2. The minimum Gasteiger partial charge on any atom is -0.379 e. The fourth-order valence-corrected chi connectivity index (χ4v) is 5.11. The number of nitrogens with zero attached hydrogens (tertiary/aromatic N) is 3. The van der Waals surface area contributed by atoms with E-state index in [0.29, 0.717) is 24.6 Å². The fraction of sp³-hybridized carbons (Fsp3) is 0.318. The number of morpholine rings is 1. The summed E-state index contributed by atoms with van der Waals surface area (Å²) >= 11 is 0. The molecule has 0 spiro atoms. The molecule has 0 radical (unpaired) electrons. The number of amides is 2. The number of imidazole rings is 1. The molecular weight excluding hydrogens is 446 g/mol. The Morgan fingerprint density at radius 2 is 1.82 bits per heavy atom. The Labute approximate surface area is 191 Å². The van der Waals surface area contributed by atoms with Crippen molar-refractivity contribution >= 4 is 32.9 Å². The number of sulfonamides is 1. The van der Waals surface area contributed by atoms with Crippen molar-refractivity contribution in [2.24, 2.45) is 7.05 Å². The second-order valence-corrected chi connectivity index (χ2v) is 9.69. The zero-order valence-corrected chi connectivity index (χ0v) is 19.2. The van der Waals surface area contributed by atoms with Crippen LogP contribution in [0, 0.1) is 6.92 Å². The van der Waals surface area contributed by atoms with E-state index in [0.717, 1.165) is 11.0 Å². The topological polar surface area (TPSA) is 123 Å². The molecule has 1 aliphatic rings. The highest BCUT2D eigenvalue weighted by molar-refractivity contribution is 7.89. The summed E-state index contributed by atoms with van der Waals surface area (Å²) in [5, 5.41) is 0. The number of para-hydroxylation sites is 2. The van der Waals surface area contributed by atoms with Gasteiger partial charge in [0.2, 0.25) is 15.9 Å². The van der Waals surface area contributed by atoms with Gasteiger partial charge >= 0.3 is 0 Å². The number of aryl methyl sites for hydroxylation is 2. The van der Waals surface area contributed by atoms with Crippen molar-refractivity contribution in [3.8, 4) is 0 Å². The molecule has 2 amide bonds. The number of nitrogens with one attached hydrogen (secondary N) is 2. The summed E-state index contributed by atoms with van der Waals surface area (Å²) in [6, 6.07) is 11.9. The molecule has 0 saturated carbocycles. The highest BCUT2D eigenvalue weighted by atomic mass is 32.2. The molecule has 4 rings (SSSR count). The lowest BCUT2D eigenvalue weighted by molar-refractivity contribution is -0.121. The highest BCUT2D eigenvalue weighted by Gasteiger charge is 2.27. The van der Waals surface area contributed by atoms with Gasteiger partial charge in [0, 0.05) is 25.7 Å². The summed E-state index contributed by atoms with van der Waals surface area (Å²) in [7, 11) is -1.93. The molecule has 1 saturated heterocycles. The first-order chi connectivity index (χ1) is 15.8. The van der Waals surface area contributed by atoms with Crippen molar-refractivity contribution in [3.05, 3.63) is 59.4 Å². The van der Waals surface area contributed by atoms with Gasteiger partial charge < -0.3 is 9.30 Å². The van der Waals surface area contributed by atoms with E-state index in [1.54, 1.807) is 13.0 Å². The Kier molecular flexibility index (Phi) is 6.45. The molecule has 3 aromatic rings. The van der Waals surface area contributed by atoms with E-state index in [9.17, 15) is 18.0 Å². The van der Waals surface area contributed by atoms with Crippen LogP contribution in [0.1, 0.15) is 21.7 Å². The van der Waals surface area contributed by atoms with Crippen LogP contribution in [0.4, 0.5) is 0 Å². The average molecular weight is 472 g/mol. The van der Waals surface area contributed by atoms with Crippen molar-refractivity contribution in [2.45, 2.75) is 18.2 Å². The van der Waals surface area contributed by atoms with E-state index in [4.69, 9.17) is 4.74 Å². The van der Waals surface area contributed by atoms with Crippen LogP contribution in [0.3, 0.4) is 0 Å². The van der Waals surface area contributed by atoms with Crippen molar-refractivity contribution in [1.82, 2.24) is 24.7 Å². The second-order valence-electron chi connectivity index (χ2n) is 7.75. The molecule has 0 bridgehead atoms. The zero-order valence-electron chi connectivity index (χ0n) is 18.4. The zero-order chi connectivity index (χ0) is 23.6. The Balaban J connectivity index is 1.44. The predicted octanol–water partition coefficient (Wildman–Crippen LogP) is 0.906. The lowest BCUT2D eigenvalue weighted by Crippen LogP contribution is -2.43. The van der Waals surface area contributed by atoms with Gasteiger partial charge in [-0.05, 0) is 36.8 Å². The molecular formula is C22H25N5O5S. The Morgan fingerprint density at radius 3 is 2.55 bits per heavy atom. The summed E-state index contributed by atoms with van der Waals surface area (Å²) in [6.07, 6.45) is -0.0319. The largest absolute Gasteiger partial charge is 0.379 e. The monoisotopic (exact) mass is 471 g/mol. The van der Waals surface area contributed by atoms with E-state index in [1.807, 2.05) is 35.9 Å². The molecule has 1 fully saturated rings. The second kappa shape index (κ2) is 9.30. The van der Waals surface area contributed by atoms with Gasteiger partial charge in [0.15, 0.2) is 0 Å². The third-order valence-electron chi connectivity index (χ3n) is 5.58. The van der Waals surface area contributed by atoms with Crippen LogP contribution in [0.15, 0.2) is 47.4 Å². The van der Waals surface area contributed by atoms with Crippen LogP contribution >= 0.6 is 0 Å². The molecule has 174 valence electrons. The third-order valence-corrected chi connectivity index (χ3v) is 7.47. The molecule has 2 N–H and O–H groups in total. The summed E-state index contributed by atoms with van der Waals surface area (Å²) in [5.41, 5.74) is 7.17. The van der Waals surface area contributed by atoms with Crippen molar-refractivity contribution < 1.29 is 22.7 Å². The number of benzene rings is 2. The smallest absolute Gasteiger partial charge is 0.269 e. The number of carbonyl (C=O) groups excluding carboxylic acids is 2. The van der Waals surface area contributed by atoms with Gasteiger partial charge in [0.25, 0.3) is 5.91 Å². The van der Waals surface area contributed by atoms with Gasteiger partial charge in [-0.3, -0.25) is 20.4 Å². The standard InChI is InChI=1S/C22H25N5O5S/c1-15-7-8-16(33(30,31)27-9-11-32-12-10-27)13-17(15)22(29)25-24-21(28)14-20-23-18-5-3-4-6-19(18)26(20)2/h3-8,13H,9-12,14H2,1-2H3,(H,24,28)(H,25,29). The highest BCUT2D eigenvalue weighted by Crippen LogP contribution is 2.20. The van der Waals surface area contributed by atoms with Crippen LogP contribution in [-0.2, 0) is 33.0 Å². The van der Waals surface area contributed by atoms with E-state index in [1.165, 1.54) is 16.4 Å². The Hall–Kier alpha value is -3.28. The lowest BCUT2D eigenvalue weighted by Gasteiger charge is -2.26. The first-order valence-electron chi connectivity index (χ1n) is 10.5. The lowest BCUT2D eigenvalue weighted by atomic mass is 10.1. The number of hydrazine groups is 1. The first kappa shape index (κ1) is 22.9. The van der Waals surface area contributed by atoms with E-state index >= 15 is 0 Å². The first-order valence-corrected chi connectivity index (χ1v) is 11.9. The van der Waals surface area contributed by atoms with Crippen LogP contribution in [0.2, 0.25) is 0 Å². The molecule has 10 nitrogen and oxygen atoms in total. The minimum atomic E-state index is -3.75. The third kappa shape index (κ3) is 4.75. The van der Waals surface area contributed by atoms with Gasteiger partial charge in [0.1, 0.15) is 5.82 Å². The Bertz CT molecular complexity index is 1310. The number of fused-ring (bicyclic) bond motifs is 1. The quantitative estimate of drug-likeness (QED) is 0.533. The minimum absolute atomic E-state index is 0.0196. The molecule has 2 heterocycles. The van der Waals surface area contributed by atoms with E-state index in [2.05, 4.69) is 15.8 Å².